The van der Waals surface area contributed by atoms with E-state index in [0.717, 1.165) is 4.47 Å². The summed E-state index contributed by atoms with van der Waals surface area (Å²) < 4.78 is 11.2. The van der Waals surface area contributed by atoms with Gasteiger partial charge < -0.3 is 14.8 Å². The predicted molar refractivity (Wildman–Crippen MR) is 88.5 cm³/mol. The molecule has 0 aliphatic carbocycles. The van der Waals surface area contributed by atoms with Gasteiger partial charge in [-0.25, -0.2) is 0 Å². The van der Waals surface area contributed by atoms with E-state index < -0.39 is 0 Å². The van der Waals surface area contributed by atoms with Gasteiger partial charge in [-0.3, -0.25) is 10.2 Å². The number of nitrogens with one attached hydrogen (secondary N) is 2. The first-order valence-electron chi connectivity index (χ1n) is 6.51. The zero-order valence-corrected chi connectivity index (χ0v) is 13.5. The predicted octanol–water partition coefficient (Wildman–Crippen LogP) is 3.44. The first kappa shape index (κ1) is 16.0. The van der Waals surface area contributed by atoms with E-state index in [-0.39, 0.29) is 18.4 Å². The Bertz CT molecular complexity index is 689. The molecule has 5 nitrogen and oxygen atoms in total. The number of benzene rings is 2. The third-order valence-corrected chi connectivity index (χ3v) is 3.54. The maximum atomic E-state index is 11.9. The Morgan fingerprint density at radius 1 is 1.18 bits per heavy atom. The minimum Gasteiger partial charge on any atom is -0.496 e. The van der Waals surface area contributed by atoms with Crippen LogP contribution in [0.15, 0.2) is 53.0 Å². The molecule has 0 aliphatic rings. The molecule has 0 heterocycles. The number of halogens is 1. The smallest absolute Gasteiger partial charge is 0.262 e. The van der Waals surface area contributed by atoms with Gasteiger partial charge in [0.05, 0.1) is 18.4 Å². The Kier molecular flexibility index (Phi) is 5.55. The zero-order valence-electron chi connectivity index (χ0n) is 11.9. The van der Waals surface area contributed by atoms with Crippen molar-refractivity contribution in [3.63, 3.8) is 0 Å². The van der Waals surface area contributed by atoms with Gasteiger partial charge in [0.15, 0.2) is 6.61 Å². The summed E-state index contributed by atoms with van der Waals surface area (Å²) in [5.74, 6) is 0.0741. The highest BCUT2D eigenvalue weighted by molar-refractivity contribution is 9.10. The molecule has 0 unspecified atom stereocenters. The number of rotatable bonds is 5. The van der Waals surface area contributed by atoms with E-state index in [1.54, 1.807) is 30.3 Å². The highest BCUT2D eigenvalue weighted by Crippen LogP contribution is 2.21. The third-order valence-electron chi connectivity index (χ3n) is 2.85. The Hall–Kier alpha value is -2.34. The van der Waals surface area contributed by atoms with Gasteiger partial charge in [-0.15, -0.1) is 0 Å². The van der Waals surface area contributed by atoms with Crippen molar-refractivity contribution in [2.24, 2.45) is 0 Å². The average Bonchev–Trinajstić information content (AvgIpc) is 2.54. The van der Waals surface area contributed by atoms with Gasteiger partial charge in [0.2, 0.25) is 5.90 Å². The summed E-state index contributed by atoms with van der Waals surface area (Å²) in [7, 11) is 1.52. The van der Waals surface area contributed by atoms with Crippen LogP contribution in [0.2, 0.25) is 0 Å². The van der Waals surface area contributed by atoms with E-state index in [1.165, 1.54) is 7.11 Å². The Morgan fingerprint density at radius 3 is 2.59 bits per heavy atom. The van der Waals surface area contributed by atoms with Crippen LogP contribution >= 0.6 is 15.9 Å². The van der Waals surface area contributed by atoms with Crippen molar-refractivity contribution >= 4 is 33.4 Å². The van der Waals surface area contributed by atoms with Gasteiger partial charge in [-0.05, 0) is 40.2 Å². The second-order valence-electron chi connectivity index (χ2n) is 4.35. The van der Waals surface area contributed by atoms with E-state index in [4.69, 9.17) is 14.9 Å². The Morgan fingerprint density at radius 2 is 1.86 bits per heavy atom. The lowest BCUT2D eigenvalue weighted by atomic mass is 10.2. The van der Waals surface area contributed by atoms with E-state index in [9.17, 15) is 4.79 Å². The average molecular weight is 363 g/mol. The molecule has 6 heteroatoms. The fraction of sp³-hybridized carbons (Fsp3) is 0.125. The quantitative estimate of drug-likeness (QED) is 0.632. The topological polar surface area (TPSA) is 71.4 Å². The molecule has 2 aromatic carbocycles. The molecule has 0 saturated carbocycles. The molecule has 2 N–H and O–H groups in total. The van der Waals surface area contributed by atoms with Crippen LogP contribution in [-0.2, 0) is 9.53 Å². The van der Waals surface area contributed by atoms with Crippen molar-refractivity contribution in [3.8, 4) is 5.75 Å². The summed E-state index contributed by atoms with van der Waals surface area (Å²) in [4.78, 5) is 11.9. The van der Waals surface area contributed by atoms with Crippen LogP contribution in [0.1, 0.15) is 5.56 Å². The number of carbonyl (C=O) groups excluding carboxylic acids is 1. The van der Waals surface area contributed by atoms with E-state index in [2.05, 4.69) is 21.2 Å². The molecule has 0 spiro atoms. The number of para-hydroxylation sites is 2. The van der Waals surface area contributed by atoms with Crippen LogP contribution in [0.4, 0.5) is 5.69 Å². The SMILES string of the molecule is COc1ccccc1C(=N)OCC(=O)Nc1ccccc1Br. The molecule has 0 aromatic heterocycles. The van der Waals surface area contributed by atoms with Crippen molar-refractivity contribution < 1.29 is 14.3 Å². The van der Waals surface area contributed by atoms with Gasteiger partial charge in [0.1, 0.15) is 5.75 Å². The van der Waals surface area contributed by atoms with Crippen LogP contribution in [0.3, 0.4) is 0 Å². The molecule has 1 amide bonds. The third kappa shape index (κ3) is 4.08. The molecule has 0 radical (unpaired) electrons. The molecule has 0 saturated heterocycles. The lowest BCUT2D eigenvalue weighted by molar-refractivity contribution is -0.118. The maximum Gasteiger partial charge on any atom is 0.262 e. The fourth-order valence-corrected chi connectivity index (χ4v) is 2.18. The van der Waals surface area contributed by atoms with Crippen LogP contribution in [0.5, 0.6) is 5.75 Å². The summed E-state index contributed by atoms with van der Waals surface area (Å²) >= 11 is 3.35. The summed E-state index contributed by atoms with van der Waals surface area (Å²) in [5.41, 5.74) is 1.15. The molecule has 22 heavy (non-hydrogen) atoms. The summed E-state index contributed by atoms with van der Waals surface area (Å²) in [6.45, 7) is -0.252. The summed E-state index contributed by atoms with van der Waals surface area (Å²) in [6.07, 6.45) is 0. The second kappa shape index (κ2) is 7.61. The van der Waals surface area contributed by atoms with Crippen molar-refractivity contribution in [2.75, 3.05) is 19.0 Å². The van der Waals surface area contributed by atoms with E-state index >= 15 is 0 Å². The van der Waals surface area contributed by atoms with Crippen LogP contribution in [0.25, 0.3) is 0 Å². The lowest BCUT2D eigenvalue weighted by Crippen LogP contribution is -2.21. The highest BCUT2D eigenvalue weighted by Gasteiger charge is 2.12. The minimum atomic E-state index is -0.341. The second-order valence-corrected chi connectivity index (χ2v) is 5.20. The number of amides is 1. The molecule has 0 atom stereocenters. The van der Waals surface area contributed by atoms with Gasteiger partial charge in [-0.1, -0.05) is 24.3 Å². The van der Waals surface area contributed by atoms with Gasteiger partial charge in [-0.2, -0.15) is 0 Å². The number of hydrogen-bond acceptors (Lipinski definition) is 4. The largest absolute Gasteiger partial charge is 0.496 e. The Labute approximate surface area is 136 Å². The maximum absolute atomic E-state index is 11.9. The Balaban J connectivity index is 1.94. The van der Waals surface area contributed by atoms with Crippen molar-refractivity contribution in [1.29, 1.82) is 5.41 Å². The normalized spacial score (nSPS) is 9.91. The number of carbonyl (C=O) groups is 1. The summed E-state index contributed by atoms with van der Waals surface area (Å²) in [5, 5.41) is 10.6. The molecule has 0 fully saturated rings. The zero-order chi connectivity index (χ0) is 15.9. The standard InChI is InChI=1S/C16H15BrN2O3/c1-21-14-9-5-2-6-11(14)16(18)22-10-15(20)19-13-8-4-3-7-12(13)17/h2-9,18H,10H2,1H3,(H,19,20). The molecular weight excluding hydrogens is 348 g/mol. The first-order valence-corrected chi connectivity index (χ1v) is 7.30. The van der Waals surface area contributed by atoms with Crippen molar-refractivity contribution in [3.05, 3.63) is 58.6 Å². The number of methoxy groups -OCH3 is 1. The van der Waals surface area contributed by atoms with E-state index in [1.807, 2.05) is 18.2 Å². The van der Waals surface area contributed by atoms with Crippen molar-refractivity contribution in [1.82, 2.24) is 0 Å². The molecule has 0 aliphatic heterocycles. The molecule has 114 valence electrons. The molecule has 0 bridgehead atoms. The van der Waals surface area contributed by atoms with Gasteiger partial charge in [0, 0.05) is 4.47 Å². The summed E-state index contributed by atoms with van der Waals surface area (Å²) in [6, 6.07) is 14.3. The van der Waals surface area contributed by atoms with Gasteiger partial charge >= 0.3 is 0 Å². The van der Waals surface area contributed by atoms with Gasteiger partial charge in [0.25, 0.3) is 5.91 Å². The van der Waals surface area contributed by atoms with Crippen molar-refractivity contribution in [2.45, 2.75) is 0 Å². The first-order chi connectivity index (χ1) is 10.6. The minimum absolute atomic E-state index is 0.111. The molecule has 2 rings (SSSR count). The van der Waals surface area contributed by atoms with Crippen LogP contribution in [0, 0.1) is 5.41 Å². The highest BCUT2D eigenvalue weighted by atomic mass is 79.9. The fourth-order valence-electron chi connectivity index (χ4n) is 1.80. The van der Waals surface area contributed by atoms with Crippen LogP contribution in [-0.4, -0.2) is 25.5 Å². The van der Waals surface area contributed by atoms with E-state index in [0.29, 0.717) is 17.0 Å². The molecule has 2 aromatic rings. The lowest BCUT2D eigenvalue weighted by Gasteiger charge is -2.11. The number of ether oxygens (including phenoxy) is 2. The number of hydrogen-bond donors (Lipinski definition) is 2. The monoisotopic (exact) mass is 362 g/mol. The van der Waals surface area contributed by atoms with Crippen LogP contribution < -0.4 is 10.1 Å². The number of anilines is 1. The molecular formula is C16H15BrN2O3.